The van der Waals surface area contributed by atoms with Gasteiger partial charge in [0.1, 0.15) is 11.4 Å². The fraction of sp³-hybridized carbons (Fsp3) is 0.286. The summed E-state index contributed by atoms with van der Waals surface area (Å²) >= 11 is 0. The van der Waals surface area contributed by atoms with Gasteiger partial charge in [0.25, 0.3) is 5.56 Å². The molecule has 1 aromatic carbocycles. The Morgan fingerprint density at radius 3 is 2.74 bits per heavy atom. The Morgan fingerprint density at radius 2 is 2.11 bits per heavy atom. The lowest BCUT2D eigenvalue weighted by molar-refractivity contribution is 0.449. The molecule has 0 unspecified atom stereocenters. The van der Waals surface area contributed by atoms with Crippen LogP contribution in [0.1, 0.15) is 17.8 Å². The topological polar surface area (TPSA) is 92.0 Å². The van der Waals surface area contributed by atoms with Gasteiger partial charge in [0.15, 0.2) is 0 Å². The first-order valence-corrected chi connectivity index (χ1v) is 6.21. The summed E-state index contributed by atoms with van der Waals surface area (Å²) in [5.41, 5.74) is 6.91. The summed E-state index contributed by atoms with van der Waals surface area (Å²) in [5, 5.41) is 9.99. The van der Waals surface area contributed by atoms with Gasteiger partial charge in [-0.05, 0) is 31.0 Å². The van der Waals surface area contributed by atoms with E-state index in [-0.39, 0.29) is 17.0 Å². The summed E-state index contributed by atoms with van der Waals surface area (Å²) < 4.78 is 0. The Kier molecular flexibility index (Phi) is 3.97. The van der Waals surface area contributed by atoms with Gasteiger partial charge in [-0.3, -0.25) is 4.79 Å². The summed E-state index contributed by atoms with van der Waals surface area (Å²) in [5.74, 6) is 0.232. The van der Waals surface area contributed by atoms with Crippen LogP contribution in [0.15, 0.2) is 29.1 Å². The summed E-state index contributed by atoms with van der Waals surface area (Å²) in [4.78, 5) is 18.8. The van der Waals surface area contributed by atoms with Crippen molar-refractivity contribution < 1.29 is 5.11 Å². The van der Waals surface area contributed by atoms with E-state index < -0.39 is 0 Å². The highest BCUT2D eigenvalue weighted by Gasteiger charge is 2.14. The van der Waals surface area contributed by atoms with E-state index in [0.717, 1.165) is 5.56 Å². The standard InChI is InChI=1S/C14H17N3O2/c1-9-5-2-3-6-10(9)12-13(18)16-11(7-4-8-15)17-14(12)19/h2-3,5-6H,4,7-8,15H2,1H3,(H2,16,17,18,19). The van der Waals surface area contributed by atoms with E-state index in [1.54, 1.807) is 6.07 Å². The number of nitrogens with two attached hydrogens (primary N) is 1. The molecule has 0 aliphatic rings. The van der Waals surface area contributed by atoms with E-state index in [2.05, 4.69) is 9.97 Å². The molecule has 0 bridgehead atoms. The van der Waals surface area contributed by atoms with E-state index in [1.807, 2.05) is 25.1 Å². The predicted molar refractivity (Wildman–Crippen MR) is 74.1 cm³/mol. The third-order valence-electron chi connectivity index (χ3n) is 2.98. The van der Waals surface area contributed by atoms with Gasteiger partial charge in [0.2, 0.25) is 5.88 Å². The summed E-state index contributed by atoms with van der Waals surface area (Å²) in [6.07, 6.45) is 1.26. The molecule has 19 heavy (non-hydrogen) atoms. The molecule has 0 saturated carbocycles. The van der Waals surface area contributed by atoms with Gasteiger partial charge in [-0.1, -0.05) is 24.3 Å². The average molecular weight is 259 g/mol. The van der Waals surface area contributed by atoms with Crippen molar-refractivity contribution in [2.75, 3.05) is 6.54 Å². The maximum atomic E-state index is 12.1. The van der Waals surface area contributed by atoms with Crippen LogP contribution in [-0.4, -0.2) is 21.6 Å². The molecule has 5 nitrogen and oxygen atoms in total. The number of aromatic nitrogens is 2. The second kappa shape index (κ2) is 5.67. The van der Waals surface area contributed by atoms with Gasteiger partial charge < -0.3 is 15.8 Å². The van der Waals surface area contributed by atoms with Crippen molar-refractivity contribution in [1.29, 1.82) is 0 Å². The molecule has 0 aliphatic heterocycles. The Bertz CT molecular complexity index is 635. The lowest BCUT2D eigenvalue weighted by Gasteiger charge is -2.08. The quantitative estimate of drug-likeness (QED) is 0.772. The molecule has 100 valence electrons. The molecule has 1 heterocycles. The first kappa shape index (κ1) is 13.3. The van der Waals surface area contributed by atoms with Gasteiger partial charge >= 0.3 is 0 Å². The van der Waals surface area contributed by atoms with Crippen LogP contribution in [0.2, 0.25) is 0 Å². The second-order valence-electron chi connectivity index (χ2n) is 4.42. The first-order valence-electron chi connectivity index (χ1n) is 6.21. The number of aryl methyl sites for hydroxylation is 2. The first-order chi connectivity index (χ1) is 9.13. The summed E-state index contributed by atoms with van der Waals surface area (Å²) in [6, 6.07) is 7.38. The number of hydrogen-bond acceptors (Lipinski definition) is 4. The molecule has 2 rings (SSSR count). The molecule has 5 heteroatoms. The van der Waals surface area contributed by atoms with E-state index in [0.29, 0.717) is 30.8 Å². The second-order valence-corrected chi connectivity index (χ2v) is 4.42. The normalized spacial score (nSPS) is 10.6. The highest BCUT2D eigenvalue weighted by atomic mass is 16.3. The van der Waals surface area contributed by atoms with Crippen LogP contribution in [0.5, 0.6) is 5.88 Å². The van der Waals surface area contributed by atoms with Crippen molar-refractivity contribution >= 4 is 0 Å². The minimum absolute atomic E-state index is 0.217. The number of aromatic hydroxyl groups is 1. The number of hydrogen-bond donors (Lipinski definition) is 3. The van der Waals surface area contributed by atoms with Crippen molar-refractivity contribution in [3.63, 3.8) is 0 Å². The number of rotatable bonds is 4. The van der Waals surface area contributed by atoms with Crippen molar-refractivity contribution in [2.24, 2.45) is 5.73 Å². The number of nitrogens with one attached hydrogen (secondary N) is 1. The maximum absolute atomic E-state index is 12.1. The molecule has 0 atom stereocenters. The highest BCUT2D eigenvalue weighted by Crippen LogP contribution is 2.26. The van der Waals surface area contributed by atoms with Crippen LogP contribution in [-0.2, 0) is 6.42 Å². The lowest BCUT2D eigenvalue weighted by atomic mass is 10.0. The molecule has 0 radical (unpaired) electrons. The minimum atomic E-state index is -0.325. The van der Waals surface area contributed by atoms with Crippen LogP contribution < -0.4 is 11.3 Å². The van der Waals surface area contributed by atoms with Gasteiger partial charge in [-0.15, -0.1) is 0 Å². The summed E-state index contributed by atoms with van der Waals surface area (Å²) in [7, 11) is 0. The summed E-state index contributed by atoms with van der Waals surface area (Å²) in [6.45, 7) is 2.40. The average Bonchev–Trinajstić information content (AvgIpc) is 2.38. The maximum Gasteiger partial charge on any atom is 0.262 e. The third-order valence-corrected chi connectivity index (χ3v) is 2.98. The van der Waals surface area contributed by atoms with Crippen molar-refractivity contribution in [3.05, 3.63) is 46.0 Å². The zero-order valence-electron chi connectivity index (χ0n) is 10.8. The molecular weight excluding hydrogens is 242 g/mol. The number of H-pyrrole nitrogens is 1. The smallest absolute Gasteiger partial charge is 0.262 e. The largest absolute Gasteiger partial charge is 0.493 e. The molecule has 0 aliphatic carbocycles. The van der Waals surface area contributed by atoms with Gasteiger partial charge in [-0.25, -0.2) is 0 Å². The Balaban J connectivity index is 2.49. The lowest BCUT2D eigenvalue weighted by Crippen LogP contribution is -2.15. The Labute approximate surface area is 111 Å². The zero-order valence-corrected chi connectivity index (χ0v) is 10.8. The third kappa shape index (κ3) is 2.82. The van der Waals surface area contributed by atoms with Crippen LogP contribution in [0, 0.1) is 6.92 Å². The highest BCUT2D eigenvalue weighted by molar-refractivity contribution is 5.70. The van der Waals surface area contributed by atoms with Gasteiger partial charge in [0, 0.05) is 6.42 Å². The van der Waals surface area contributed by atoms with Crippen molar-refractivity contribution in [3.8, 4) is 17.0 Å². The molecular formula is C14H17N3O2. The number of aromatic amines is 1. The van der Waals surface area contributed by atoms with Crippen LogP contribution in [0.25, 0.3) is 11.1 Å². The molecule has 0 saturated heterocycles. The van der Waals surface area contributed by atoms with E-state index in [4.69, 9.17) is 5.73 Å². The van der Waals surface area contributed by atoms with E-state index >= 15 is 0 Å². The monoisotopic (exact) mass is 259 g/mol. The van der Waals surface area contributed by atoms with Crippen molar-refractivity contribution in [1.82, 2.24) is 9.97 Å². The fourth-order valence-corrected chi connectivity index (χ4v) is 1.99. The predicted octanol–water partition coefficient (Wildman–Crippen LogP) is 1.34. The SMILES string of the molecule is Cc1ccccc1-c1c(O)nc(CCCN)[nH]c1=O. The minimum Gasteiger partial charge on any atom is -0.493 e. The van der Waals surface area contributed by atoms with Crippen molar-refractivity contribution in [2.45, 2.75) is 19.8 Å². The van der Waals surface area contributed by atoms with Crippen LogP contribution in [0.4, 0.5) is 0 Å². The van der Waals surface area contributed by atoms with Crippen LogP contribution in [0.3, 0.4) is 0 Å². The molecule has 2 aromatic rings. The van der Waals surface area contributed by atoms with E-state index in [1.165, 1.54) is 0 Å². The molecule has 0 amide bonds. The number of benzene rings is 1. The number of nitrogens with zero attached hydrogens (tertiary/aromatic N) is 1. The Hall–Kier alpha value is -2.14. The fourth-order valence-electron chi connectivity index (χ4n) is 1.99. The molecule has 0 fully saturated rings. The molecule has 0 spiro atoms. The zero-order chi connectivity index (χ0) is 13.8. The van der Waals surface area contributed by atoms with E-state index in [9.17, 15) is 9.90 Å². The molecule has 4 N–H and O–H groups in total. The van der Waals surface area contributed by atoms with Crippen LogP contribution >= 0.6 is 0 Å². The Morgan fingerprint density at radius 1 is 1.37 bits per heavy atom. The van der Waals surface area contributed by atoms with Gasteiger partial charge in [-0.2, -0.15) is 4.98 Å². The molecule has 1 aromatic heterocycles. The van der Waals surface area contributed by atoms with Gasteiger partial charge in [0.05, 0.1) is 0 Å².